The molecule has 0 fully saturated rings. The van der Waals surface area contributed by atoms with E-state index in [9.17, 15) is 4.79 Å². The van der Waals surface area contributed by atoms with Crippen LogP contribution in [0.25, 0.3) is 0 Å². The number of fused-ring (bicyclic) bond motifs is 1. The summed E-state index contributed by atoms with van der Waals surface area (Å²) in [6.07, 6.45) is 0.464. The fraction of sp³-hybridized carbons (Fsp3) is 0.500. The fourth-order valence-electron chi connectivity index (χ4n) is 1.91. The van der Waals surface area contributed by atoms with Crippen molar-refractivity contribution in [3.05, 3.63) is 17.3 Å². The molecule has 0 atom stereocenters. The monoisotopic (exact) mass is 253 g/mol. The van der Waals surface area contributed by atoms with Gasteiger partial charge in [-0.15, -0.1) is 0 Å². The number of pyridine rings is 1. The number of rotatable bonds is 0. The van der Waals surface area contributed by atoms with Gasteiger partial charge in [0.05, 0.1) is 5.69 Å². The molecule has 0 unspecified atom stereocenters. The zero-order chi connectivity index (χ0) is 12.6. The predicted molar refractivity (Wildman–Crippen MR) is 69.6 cm³/mol. The zero-order valence-electron chi connectivity index (χ0n) is 10.2. The summed E-state index contributed by atoms with van der Waals surface area (Å²) in [7, 11) is 0. The van der Waals surface area contributed by atoms with Crippen LogP contribution < -0.4 is 10.2 Å². The lowest BCUT2D eigenvalue weighted by molar-refractivity contribution is -0.116. The molecule has 0 aliphatic carbocycles. The lowest BCUT2D eigenvalue weighted by Gasteiger charge is -2.36. The Balaban J connectivity index is 2.52. The van der Waals surface area contributed by atoms with E-state index in [-0.39, 0.29) is 11.4 Å². The molecule has 1 aromatic rings. The van der Waals surface area contributed by atoms with Crippen LogP contribution in [0.3, 0.4) is 0 Å². The molecule has 1 amide bonds. The van der Waals surface area contributed by atoms with E-state index in [4.69, 9.17) is 11.6 Å². The van der Waals surface area contributed by atoms with Crippen LogP contribution >= 0.6 is 11.6 Å². The third-order valence-corrected chi connectivity index (χ3v) is 2.95. The molecular weight excluding hydrogens is 238 g/mol. The number of hydrogen-bond donors (Lipinski definition) is 1. The smallest absolute Gasteiger partial charge is 0.226 e. The Hall–Kier alpha value is -1.29. The molecule has 2 rings (SSSR count). The van der Waals surface area contributed by atoms with E-state index in [0.29, 0.717) is 18.1 Å². The second-order valence-corrected chi connectivity index (χ2v) is 5.51. The van der Waals surface area contributed by atoms with E-state index >= 15 is 0 Å². The number of nitrogens with zero attached hydrogens (tertiary/aromatic N) is 2. The van der Waals surface area contributed by atoms with Crippen molar-refractivity contribution in [1.29, 1.82) is 0 Å². The van der Waals surface area contributed by atoms with Crippen LogP contribution in [-0.2, 0) is 4.79 Å². The minimum atomic E-state index is -0.0985. The highest BCUT2D eigenvalue weighted by atomic mass is 35.5. The number of halogens is 1. The maximum atomic E-state index is 11.6. The van der Waals surface area contributed by atoms with E-state index < -0.39 is 0 Å². The normalized spacial score (nSPS) is 16.2. The SMILES string of the molecule is CC(C)(C)N1CCC(=O)Nc2ccc(Cl)nc21. The van der Waals surface area contributed by atoms with Gasteiger partial charge in [0.15, 0.2) is 5.82 Å². The molecule has 0 radical (unpaired) electrons. The summed E-state index contributed by atoms with van der Waals surface area (Å²) in [4.78, 5) is 18.0. The van der Waals surface area contributed by atoms with Crippen molar-refractivity contribution in [2.45, 2.75) is 32.7 Å². The summed E-state index contributed by atoms with van der Waals surface area (Å²) < 4.78 is 0. The zero-order valence-corrected chi connectivity index (χ0v) is 11.0. The van der Waals surface area contributed by atoms with Crippen LogP contribution in [0.1, 0.15) is 27.2 Å². The molecule has 17 heavy (non-hydrogen) atoms. The predicted octanol–water partition coefficient (Wildman–Crippen LogP) is 2.68. The molecule has 0 spiro atoms. The Morgan fingerprint density at radius 1 is 1.41 bits per heavy atom. The van der Waals surface area contributed by atoms with Gasteiger partial charge >= 0.3 is 0 Å². The Labute approximate surface area is 106 Å². The first-order chi connectivity index (χ1) is 7.88. The average Bonchev–Trinajstić information content (AvgIpc) is 2.35. The van der Waals surface area contributed by atoms with Crippen molar-refractivity contribution >= 4 is 29.0 Å². The molecule has 0 aromatic carbocycles. The first kappa shape index (κ1) is 12.2. The quantitative estimate of drug-likeness (QED) is 0.723. The van der Waals surface area contributed by atoms with Gasteiger partial charge in [-0.2, -0.15) is 0 Å². The maximum absolute atomic E-state index is 11.6. The Bertz CT molecular complexity index is 454. The van der Waals surface area contributed by atoms with Gasteiger partial charge < -0.3 is 10.2 Å². The van der Waals surface area contributed by atoms with Crippen LogP contribution in [-0.4, -0.2) is 23.0 Å². The molecule has 2 heterocycles. The van der Waals surface area contributed by atoms with Crippen LogP contribution in [0.4, 0.5) is 11.5 Å². The third kappa shape index (κ3) is 2.52. The van der Waals surface area contributed by atoms with Crippen molar-refractivity contribution in [3.63, 3.8) is 0 Å². The number of hydrogen-bond acceptors (Lipinski definition) is 3. The molecule has 92 valence electrons. The summed E-state index contributed by atoms with van der Waals surface area (Å²) in [5.41, 5.74) is 0.630. The summed E-state index contributed by atoms with van der Waals surface area (Å²) in [5.74, 6) is 0.762. The number of carbonyl (C=O) groups is 1. The molecule has 1 aromatic heterocycles. The highest BCUT2D eigenvalue weighted by Gasteiger charge is 2.28. The molecule has 4 nitrogen and oxygen atoms in total. The second kappa shape index (κ2) is 4.18. The molecule has 1 aliphatic rings. The highest BCUT2D eigenvalue weighted by molar-refractivity contribution is 6.29. The van der Waals surface area contributed by atoms with Crippen LogP contribution in [0.5, 0.6) is 0 Å². The number of aromatic nitrogens is 1. The van der Waals surface area contributed by atoms with E-state index in [1.54, 1.807) is 12.1 Å². The number of carbonyl (C=O) groups excluding carboxylic acids is 1. The van der Waals surface area contributed by atoms with Gasteiger partial charge in [-0.25, -0.2) is 4.98 Å². The van der Waals surface area contributed by atoms with E-state index in [1.807, 2.05) is 0 Å². The minimum Gasteiger partial charge on any atom is -0.349 e. The van der Waals surface area contributed by atoms with Gasteiger partial charge in [-0.3, -0.25) is 4.79 Å². The van der Waals surface area contributed by atoms with Crippen molar-refractivity contribution < 1.29 is 4.79 Å². The molecule has 5 heteroatoms. The van der Waals surface area contributed by atoms with Crippen molar-refractivity contribution in [1.82, 2.24) is 4.98 Å². The first-order valence-corrected chi connectivity index (χ1v) is 6.00. The number of anilines is 2. The number of amides is 1. The molecule has 1 N–H and O–H groups in total. The lowest BCUT2D eigenvalue weighted by Crippen LogP contribution is -2.42. The van der Waals surface area contributed by atoms with Crippen LogP contribution in [0.15, 0.2) is 12.1 Å². The average molecular weight is 254 g/mol. The van der Waals surface area contributed by atoms with Gasteiger partial charge in [0.25, 0.3) is 0 Å². The maximum Gasteiger partial charge on any atom is 0.226 e. The fourth-order valence-corrected chi connectivity index (χ4v) is 2.06. The van der Waals surface area contributed by atoms with Gasteiger partial charge in [-0.05, 0) is 32.9 Å². The third-order valence-electron chi connectivity index (χ3n) is 2.74. The van der Waals surface area contributed by atoms with Crippen LogP contribution in [0, 0.1) is 0 Å². The van der Waals surface area contributed by atoms with Gasteiger partial charge in [0.1, 0.15) is 5.15 Å². The second-order valence-electron chi connectivity index (χ2n) is 5.13. The number of nitrogens with one attached hydrogen (secondary N) is 1. The summed E-state index contributed by atoms with van der Waals surface area (Å²) >= 11 is 5.93. The standard InChI is InChI=1S/C12H16ClN3O/c1-12(2,3)16-7-6-10(17)14-8-4-5-9(13)15-11(8)16/h4-5H,6-7H2,1-3H3,(H,14,17). The van der Waals surface area contributed by atoms with Gasteiger partial charge in [0.2, 0.25) is 5.91 Å². The van der Waals surface area contributed by atoms with Crippen molar-refractivity contribution in [2.75, 3.05) is 16.8 Å². The van der Waals surface area contributed by atoms with E-state index in [1.165, 1.54) is 0 Å². The van der Waals surface area contributed by atoms with E-state index in [0.717, 1.165) is 11.5 Å². The Morgan fingerprint density at radius 3 is 2.76 bits per heavy atom. The summed E-state index contributed by atoms with van der Waals surface area (Å²) in [5, 5.41) is 3.29. The molecule has 0 bridgehead atoms. The molecule has 0 saturated heterocycles. The van der Waals surface area contributed by atoms with Crippen molar-refractivity contribution in [3.8, 4) is 0 Å². The topological polar surface area (TPSA) is 45.2 Å². The highest BCUT2D eigenvalue weighted by Crippen LogP contribution is 2.32. The Kier molecular flexibility index (Phi) is 3.00. The molecule has 0 saturated carbocycles. The van der Waals surface area contributed by atoms with Crippen LogP contribution in [0.2, 0.25) is 5.15 Å². The molecular formula is C12H16ClN3O. The minimum absolute atomic E-state index is 0.0159. The van der Waals surface area contributed by atoms with E-state index in [2.05, 4.69) is 36.0 Å². The van der Waals surface area contributed by atoms with Gasteiger partial charge in [-0.1, -0.05) is 11.6 Å². The van der Waals surface area contributed by atoms with Gasteiger partial charge in [0, 0.05) is 18.5 Å². The Morgan fingerprint density at radius 2 is 2.12 bits per heavy atom. The molecule has 1 aliphatic heterocycles. The summed E-state index contributed by atoms with van der Waals surface area (Å²) in [6.45, 7) is 6.93. The van der Waals surface area contributed by atoms with Crippen molar-refractivity contribution in [2.24, 2.45) is 0 Å². The largest absolute Gasteiger partial charge is 0.349 e. The summed E-state index contributed by atoms with van der Waals surface area (Å²) in [6, 6.07) is 3.49. The lowest BCUT2D eigenvalue weighted by atomic mass is 10.1. The first-order valence-electron chi connectivity index (χ1n) is 5.62.